The van der Waals surface area contributed by atoms with Crippen molar-refractivity contribution in [3.05, 3.63) is 41.2 Å². The number of hydrogen-bond acceptors (Lipinski definition) is 5. The molecule has 0 spiro atoms. The molecule has 0 saturated heterocycles. The van der Waals surface area contributed by atoms with Crippen molar-refractivity contribution in [3.8, 4) is 11.5 Å². The molecule has 126 valence electrons. The third-order valence-electron chi connectivity index (χ3n) is 4.66. The number of aromatic nitrogens is 2. The van der Waals surface area contributed by atoms with Crippen LogP contribution in [0.4, 0.5) is 0 Å². The highest BCUT2D eigenvalue weighted by Crippen LogP contribution is 2.35. The molecular weight excluding hydrogens is 308 g/mol. The average molecular weight is 328 g/mol. The topological polar surface area (TPSA) is 91.4 Å². The summed E-state index contributed by atoms with van der Waals surface area (Å²) in [5, 5.41) is 7.79. The molecule has 1 amide bonds. The lowest BCUT2D eigenvalue weighted by Crippen LogP contribution is -2.31. The van der Waals surface area contributed by atoms with E-state index in [1.165, 1.54) is 0 Å². The van der Waals surface area contributed by atoms with E-state index in [4.69, 9.17) is 15.2 Å². The van der Waals surface area contributed by atoms with Gasteiger partial charge >= 0.3 is 0 Å². The van der Waals surface area contributed by atoms with Gasteiger partial charge in [0.1, 0.15) is 0 Å². The van der Waals surface area contributed by atoms with Crippen LogP contribution in [-0.2, 0) is 19.5 Å². The Morgan fingerprint density at radius 2 is 2.33 bits per heavy atom. The number of carbonyl (C=O) groups is 1. The van der Waals surface area contributed by atoms with Crippen LogP contribution in [0, 0.1) is 5.92 Å². The molecular formula is C17H20N4O3. The van der Waals surface area contributed by atoms with E-state index in [1.54, 1.807) is 6.20 Å². The van der Waals surface area contributed by atoms with E-state index in [2.05, 4.69) is 10.4 Å². The molecule has 7 nitrogen and oxygen atoms in total. The highest BCUT2D eigenvalue weighted by atomic mass is 16.7. The minimum absolute atomic E-state index is 0.291. The second kappa shape index (κ2) is 6.16. The van der Waals surface area contributed by atoms with Crippen molar-refractivity contribution in [2.45, 2.75) is 25.9 Å². The van der Waals surface area contributed by atoms with Gasteiger partial charge in [0.2, 0.25) is 6.79 Å². The van der Waals surface area contributed by atoms with Crippen molar-refractivity contribution in [1.29, 1.82) is 0 Å². The molecule has 0 radical (unpaired) electrons. The Balaban J connectivity index is 1.34. The van der Waals surface area contributed by atoms with E-state index in [-0.39, 0.29) is 0 Å². The molecule has 7 heteroatoms. The predicted molar refractivity (Wildman–Crippen MR) is 86.8 cm³/mol. The summed E-state index contributed by atoms with van der Waals surface area (Å²) < 4.78 is 12.8. The molecule has 1 aromatic heterocycles. The molecule has 2 aliphatic heterocycles. The lowest BCUT2D eigenvalue weighted by molar-refractivity contribution is 0.0998. The standard InChI is InChI=1S/C17H20N4O3/c18-17(22)13-8-20-21-9-11(4-5-14(13)21)6-19-7-12-2-1-3-15-16(12)24-10-23-15/h1-3,8,11,19H,4-7,9-10H2,(H2,18,22)/t11-/m1/s1. The number of hydrogen-bond donors (Lipinski definition) is 2. The third kappa shape index (κ3) is 2.71. The van der Waals surface area contributed by atoms with Gasteiger partial charge in [0.05, 0.1) is 17.5 Å². The van der Waals surface area contributed by atoms with Crippen molar-refractivity contribution in [1.82, 2.24) is 15.1 Å². The summed E-state index contributed by atoms with van der Waals surface area (Å²) >= 11 is 0. The highest BCUT2D eigenvalue weighted by Gasteiger charge is 2.24. The van der Waals surface area contributed by atoms with Gasteiger partial charge in [-0.05, 0) is 24.8 Å². The lowest BCUT2D eigenvalue weighted by atomic mass is 9.96. The molecule has 0 aliphatic carbocycles. The Morgan fingerprint density at radius 1 is 1.42 bits per heavy atom. The van der Waals surface area contributed by atoms with Gasteiger partial charge in [0.15, 0.2) is 11.5 Å². The number of ether oxygens (including phenoxy) is 2. The summed E-state index contributed by atoms with van der Waals surface area (Å²) in [5.74, 6) is 1.74. The van der Waals surface area contributed by atoms with Crippen LogP contribution >= 0.6 is 0 Å². The summed E-state index contributed by atoms with van der Waals surface area (Å²) in [7, 11) is 0. The quantitative estimate of drug-likeness (QED) is 0.856. The zero-order valence-corrected chi connectivity index (χ0v) is 13.3. The van der Waals surface area contributed by atoms with Crippen LogP contribution in [0.3, 0.4) is 0 Å². The average Bonchev–Trinajstić information content (AvgIpc) is 3.21. The summed E-state index contributed by atoms with van der Waals surface area (Å²) in [6.45, 7) is 2.72. The van der Waals surface area contributed by atoms with Crippen LogP contribution in [0.5, 0.6) is 11.5 Å². The maximum atomic E-state index is 11.4. The van der Waals surface area contributed by atoms with Gasteiger partial charge in [-0.1, -0.05) is 12.1 Å². The first-order valence-electron chi connectivity index (χ1n) is 8.15. The number of carbonyl (C=O) groups excluding carboxylic acids is 1. The summed E-state index contributed by atoms with van der Waals surface area (Å²) in [5.41, 5.74) is 8.00. The fourth-order valence-corrected chi connectivity index (χ4v) is 3.42. The van der Waals surface area contributed by atoms with Crippen LogP contribution in [0.25, 0.3) is 0 Å². The number of nitrogens with zero attached hydrogens (tertiary/aromatic N) is 2. The first-order valence-corrected chi connectivity index (χ1v) is 8.15. The predicted octanol–water partition coefficient (Wildman–Crippen LogP) is 1.06. The molecule has 3 heterocycles. The molecule has 0 saturated carbocycles. The van der Waals surface area contributed by atoms with Crippen molar-refractivity contribution >= 4 is 5.91 Å². The van der Waals surface area contributed by atoms with E-state index >= 15 is 0 Å². The summed E-state index contributed by atoms with van der Waals surface area (Å²) in [6, 6.07) is 5.95. The Morgan fingerprint density at radius 3 is 3.21 bits per heavy atom. The van der Waals surface area contributed by atoms with Gasteiger partial charge in [-0.3, -0.25) is 9.48 Å². The zero-order chi connectivity index (χ0) is 16.5. The van der Waals surface area contributed by atoms with Gasteiger partial charge in [-0.15, -0.1) is 0 Å². The zero-order valence-electron chi connectivity index (χ0n) is 13.3. The molecule has 0 unspecified atom stereocenters. The Labute approximate surface area is 139 Å². The van der Waals surface area contributed by atoms with E-state index in [0.29, 0.717) is 18.3 Å². The second-order valence-electron chi connectivity index (χ2n) is 6.24. The van der Waals surface area contributed by atoms with E-state index in [9.17, 15) is 4.79 Å². The fraction of sp³-hybridized carbons (Fsp3) is 0.412. The molecule has 2 aromatic rings. The monoisotopic (exact) mass is 328 g/mol. The lowest BCUT2D eigenvalue weighted by Gasteiger charge is -2.24. The fourth-order valence-electron chi connectivity index (χ4n) is 3.42. The number of benzene rings is 1. The van der Waals surface area contributed by atoms with Gasteiger partial charge in [-0.2, -0.15) is 5.10 Å². The highest BCUT2D eigenvalue weighted by molar-refractivity contribution is 5.93. The van der Waals surface area contributed by atoms with Crippen molar-refractivity contribution in [2.24, 2.45) is 11.7 Å². The van der Waals surface area contributed by atoms with Crippen LogP contribution in [0.1, 0.15) is 28.0 Å². The van der Waals surface area contributed by atoms with Gasteiger partial charge in [0.25, 0.3) is 5.91 Å². The largest absolute Gasteiger partial charge is 0.454 e. The smallest absolute Gasteiger partial charge is 0.252 e. The number of nitrogens with one attached hydrogen (secondary N) is 1. The SMILES string of the molecule is NC(=O)c1cnn2c1CC[C@H](CNCc1cccc3c1OCO3)C2. The van der Waals surface area contributed by atoms with Crippen LogP contribution < -0.4 is 20.5 Å². The minimum Gasteiger partial charge on any atom is -0.454 e. The first kappa shape index (κ1) is 15.0. The molecule has 0 fully saturated rings. The van der Waals surface area contributed by atoms with E-state index in [0.717, 1.165) is 55.2 Å². The number of amides is 1. The number of rotatable bonds is 5. The third-order valence-corrected chi connectivity index (χ3v) is 4.66. The molecule has 2 aliphatic rings. The summed E-state index contributed by atoms with van der Waals surface area (Å²) in [4.78, 5) is 11.4. The summed E-state index contributed by atoms with van der Waals surface area (Å²) in [6.07, 6.45) is 3.44. The number of para-hydroxylation sites is 1. The number of fused-ring (bicyclic) bond motifs is 2. The number of primary amides is 1. The first-order chi connectivity index (χ1) is 11.7. The van der Waals surface area contributed by atoms with Gasteiger partial charge in [-0.25, -0.2) is 0 Å². The van der Waals surface area contributed by atoms with Crippen molar-refractivity contribution in [3.63, 3.8) is 0 Å². The second-order valence-corrected chi connectivity index (χ2v) is 6.24. The van der Waals surface area contributed by atoms with Crippen molar-refractivity contribution < 1.29 is 14.3 Å². The van der Waals surface area contributed by atoms with Crippen LogP contribution in [-0.4, -0.2) is 29.0 Å². The molecule has 0 bridgehead atoms. The van der Waals surface area contributed by atoms with Crippen LogP contribution in [0.15, 0.2) is 24.4 Å². The van der Waals surface area contributed by atoms with Crippen LogP contribution in [0.2, 0.25) is 0 Å². The van der Waals surface area contributed by atoms with E-state index in [1.807, 2.05) is 22.9 Å². The Kier molecular flexibility index (Phi) is 3.86. The maximum Gasteiger partial charge on any atom is 0.252 e. The maximum absolute atomic E-state index is 11.4. The minimum atomic E-state index is -0.395. The molecule has 24 heavy (non-hydrogen) atoms. The van der Waals surface area contributed by atoms with Gasteiger partial charge < -0.3 is 20.5 Å². The normalized spacial score (nSPS) is 18.4. The van der Waals surface area contributed by atoms with Gasteiger partial charge in [0, 0.05) is 25.2 Å². The Hall–Kier alpha value is -2.54. The molecule has 1 atom stereocenters. The molecule has 1 aromatic carbocycles. The molecule has 4 rings (SSSR count). The van der Waals surface area contributed by atoms with E-state index < -0.39 is 5.91 Å². The van der Waals surface area contributed by atoms with Crippen molar-refractivity contribution in [2.75, 3.05) is 13.3 Å². The number of nitrogens with two attached hydrogens (primary N) is 1. The Bertz CT molecular complexity index is 771. The molecule has 3 N–H and O–H groups in total.